The molecule has 1 aromatic heterocycles. The Morgan fingerprint density at radius 3 is 2.17 bits per heavy atom. The summed E-state index contributed by atoms with van der Waals surface area (Å²) in [5.41, 5.74) is 0.291. The van der Waals surface area contributed by atoms with E-state index in [1.54, 1.807) is 0 Å². The number of aromatic nitrogens is 2. The van der Waals surface area contributed by atoms with Crippen molar-refractivity contribution in [3.8, 4) is 0 Å². The van der Waals surface area contributed by atoms with Gasteiger partial charge >= 0.3 is 0 Å². The molecule has 24 heavy (non-hydrogen) atoms. The highest BCUT2D eigenvalue weighted by atomic mass is 35.5. The summed E-state index contributed by atoms with van der Waals surface area (Å²) in [7, 11) is 0. The zero-order valence-electron chi connectivity index (χ0n) is 14.7. The Morgan fingerprint density at radius 1 is 0.958 bits per heavy atom. The van der Waals surface area contributed by atoms with Crippen LogP contribution in [0.25, 0.3) is 0 Å². The monoisotopic (exact) mass is 353 g/mol. The molecule has 0 aromatic carbocycles. The Hall–Kier alpha value is -0.950. The molecule has 1 aromatic rings. The quantitative estimate of drug-likeness (QED) is 0.801. The van der Waals surface area contributed by atoms with Gasteiger partial charge < -0.3 is 9.64 Å². The number of anilines is 1. The lowest BCUT2D eigenvalue weighted by Crippen LogP contribution is -2.51. The van der Waals surface area contributed by atoms with Crippen LogP contribution < -0.4 is 4.90 Å². The predicted octanol–water partition coefficient (Wildman–Crippen LogP) is 1.61. The minimum atomic E-state index is 0.291. The van der Waals surface area contributed by atoms with Crippen molar-refractivity contribution in [2.75, 3.05) is 70.5 Å². The Balaban J connectivity index is 1.46. The molecule has 2 saturated heterocycles. The van der Waals surface area contributed by atoms with E-state index >= 15 is 0 Å². The van der Waals surface area contributed by atoms with Crippen LogP contribution in [0, 0.1) is 5.41 Å². The molecule has 2 fully saturated rings. The maximum absolute atomic E-state index is 5.81. The van der Waals surface area contributed by atoms with Gasteiger partial charge in [-0.25, -0.2) is 0 Å². The summed E-state index contributed by atoms with van der Waals surface area (Å²) in [6.07, 6.45) is 0. The third-order valence-corrected chi connectivity index (χ3v) is 4.92. The van der Waals surface area contributed by atoms with Gasteiger partial charge in [-0.1, -0.05) is 25.4 Å². The van der Waals surface area contributed by atoms with E-state index in [0.29, 0.717) is 10.6 Å². The number of halogens is 1. The summed E-state index contributed by atoms with van der Waals surface area (Å²) in [6, 6.07) is 3.76. The second-order valence-corrected chi connectivity index (χ2v) is 7.92. The molecular formula is C17H28ClN5O. The maximum atomic E-state index is 5.81. The molecule has 2 aliphatic rings. The number of morpholine rings is 1. The fraction of sp³-hybridized carbons (Fsp3) is 0.765. The van der Waals surface area contributed by atoms with Crippen molar-refractivity contribution in [2.45, 2.75) is 13.8 Å². The molecule has 3 heterocycles. The first-order chi connectivity index (χ1) is 11.5. The van der Waals surface area contributed by atoms with Crippen molar-refractivity contribution in [1.82, 2.24) is 20.0 Å². The molecule has 0 unspecified atom stereocenters. The molecule has 7 heteroatoms. The fourth-order valence-electron chi connectivity index (χ4n) is 3.63. The van der Waals surface area contributed by atoms with Gasteiger partial charge in [0.15, 0.2) is 11.0 Å². The van der Waals surface area contributed by atoms with Crippen molar-refractivity contribution in [3.63, 3.8) is 0 Å². The van der Waals surface area contributed by atoms with Crippen LogP contribution >= 0.6 is 11.6 Å². The second kappa shape index (κ2) is 7.95. The smallest absolute Gasteiger partial charge is 0.151 e. The van der Waals surface area contributed by atoms with E-state index in [-0.39, 0.29) is 0 Å². The molecule has 3 rings (SSSR count). The molecule has 134 valence electrons. The lowest BCUT2D eigenvalue weighted by Gasteiger charge is -2.41. The van der Waals surface area contributed by atoms with Gasteiger partial charge in [-0.05, 0) is 17.5 Å². The maximum Gasteiger partial charge on any atom is 0.151 e. The molecule has 0 saturated carbocycles. The number of rotatable bonds is 5. The Labute approximate surface area is 149 Å². The van der Waals surface area contributed by atoms with E-state index < -0.39 is 0 Å². The Bertz CT molecular complexity index is 510. The summed E-state index contributed by atoms with van der Waals surface area (Å²) >= 11 is 5.81. The lowest BCUT2D eigenvalue weighted by molar-refractivity contribution is 0.0147. The van der Waals surface area contributed by atoms with Crippen LogP contribution in [0.4, 0.5) is 5.82 Å². The number of ether oxygens (including phenoxy) is 1. The van der Waals surface area contributed by atoms with Crippen LogP contribution in [0.2, 0.25) is 5.15 Å². The van der Waals surface area contributed by atoms with E-state index in [1.165, 1.54) is 0 Å². The number of nitrogens with zero attached hydrogens (tertiary/aromatic N) is 5. The van der Waals surface area contributed by atoms with Gasteiger partial charge in [0.2, 0.25) is 0 Å². The number of piperazine rings is 1. The van der Waals surface area contributed by atoms with E-state index in [2.05, 4.69) is 38.7 Å². The molecule has 0 aliphatic carbocycles. The van der Waals surface area contributed by atoms with Crippen LogP contribution in [0.5, 0.6) is 0 Å². The van der Waals surface area contributed by atoms with Crippen molar-refractivity contribution < 1.29 is 4.74 Å². The third kappa shape index (κ3) is 5.02. The summed E-state index contributed by atoms with van der Waals surface area (Å²) < 4.78 is 5.45. The Kier molecular flexibility index (Phi) is 5.92. The van der Waals surface area contributed by atoms with Crippen molar-refractivity contribution in [2.24, 2.45) is 5.41 Å². The molecule has 0 radical (unpaired) electrons. The summed E-state index contributed by atoms with van der Waals surface area (Å²) in [6.45, 7) is 15.0. The van der Waals surface area contributed by atoms with Gasteiger partial charge in [0, 0.05) is 52.4 Å². The molecule has 0 amide bonds. The highest BCUT2D eigenvalue weighted by Gasteiger charge is 2.28. The molecule has 0 atom stereocenters. The summed E-state index contributed by atoms with van der Waals surface area (Å²) in [5, 5.41) is 8.57. The summed E-state index contributed by atoms with van der Waals surface area (Å²) in [4.78, 5) is 7.39. The first-order valence-corrected chi connectivity index (χ1v) is 9.16. The standard InChI is InChI=1S/C17H28ClN5O/c1-17(2,14-22-9-11-24-12-10-22)13-21-5-7-23(8-6-21)16-4-3-15(18)19-20-16/h3-4H,5-14H2,1-2H3. The van der Waals surface area contributed by atoms with Crippen LogP contribution in [-0.4, -0.2) is 85.6 Å². The van der Waals surface area contributed by atoms with Gasteiger partial charge in [0.05, 0.1) is 13.2 Å². The zero-order valence-corrected chi connectivity index (χ0v) is 15.5. The van der Waals surface area contributed by atoms with Crippen LogP contribution in [-0.2, 0) is 4.74 Å². The topological polar surface area (TPSA) is 44.7 Å². The highest BCUT2D eigenvalue weighted by molar-refractivity contribution is 6.29. The van der Waals surface area contributed by atoms with Crippen molar-refractivity contribution in [3.05, 3.63) is 17.3 Å². The van der Waals surface area contributed by atoms with Crippen molar-refractivity contribution >= 4 is 17.4 Å². The number of hydrogen-bond acceptors (Lipinski definition) is 6. The van der Waals surface area contributed by atoms with E-state index in [0.717, 1.165) is 71.4 Å². The van der Waals surface area contributed by atoms with E-state index in [1.807, 2.05) is 12.1 Å². The highest BCUT2D eigenvalue weighted by Crippen LogP contribution is 2.22. The molecule has 6 nitrogen and oxygen atoms in total. The van der Waals surface area contributed by atoms with Gasteiger partial charge in [-0.2, -0.15) is 0 Å². The first-order valence-electron chi connectivity index (χ1n) is 8.78. The fourth-order valence-corrected chi connectivity index (χ4v) is 3.73. The van der Waals surface area contributed by atoms with Crippen LogP contribution in [0.3, 0.4) is 0 Å². The molecule has 0 bridgehead atoms. The minimum Gasteiger partial charge on any atom is -0.379 e. The SMILES string of the molecule is CC(C)(CN1CCOCC1)CN1CCN(c2ccc(Cl)nn2)CC1. The van der Waals surface area contributed by atoms with Gasteiger partial charge in [-0.15, -0.1) is 10.2 Å². The third-order valence-electron chi connectivity index (χ3n) is 4.72. The second-order valence-electron chi connectivity index (χ2n) is 7.53. The molecular weight excluding hydrogens is 326 g/mol. The van der Waals surface area contributed by atoms with Crippen LogP contribution in [0.15, 0.2) is 12.1 Å². The van der Waals surface area contributed by atoms with E-state index in [4.69, 9.17) is 16.3 Å². The first kappa shape index (κ1) is 17.9. The largest absolute Gasteiger partial charge is 0.379 e. The van der Waals surface area contributed by atoms with Gasteiger partial charge in [0.1, 0.15) is 0 Å². The van der Waals surface area contributed by atoms with Gasteiger partial charge in [-0.3, -0.25) is 9.80 Å². The average Bonchev–Trinajstić information content (AvgIpc) is 2.56. The summed E-state index contributed by atoms with van der Waals surface area (Å²) in [5.74, 6) is 0.923. The van der Waals surface area contributed by atoms with Gasteiger partial charge in [0.25, 0.3) is 0 Å². The lowest BCUT2D eigenvalue weighted by atomic mass is 9.91. The number of hydrogen-bond donors (Lipinski definition) is 0. The minimum absolute atomic E-state index is 0.291. The molecule has 2 aliphatic heterocycles. The molecule has 0 spiro atoms. The normalized spacial score (nSPS) is 21.2. The van der Waals surface area contributed by atoms with Crippen molar-refractivity contribution in [1.29, 1.82) is 0 Å². The zero-order chi connectivity index (χ0) is 17.0. The predicted molar refractivity (Wildman–Crippen MR) is 96.7 cm³/mol. The average molecular weight is 354 g/mol. The van der Waals surface area contributed by atoms with E-state index in [9.17, 15) is 0 Å². The van der Waals surface area contributed by atoms with Crippen LogP contribution in [0.1, 0.15) is 13.8 Å². The Morgan fingerprint density at radius 2 is 1.58 bits per heavy atom. The molecule has 0 N–H and O–H groups in total.